The standard InChI is InChI=1S/C16H28N4O/c1-5-8-17-15-11-14(7-9-18-15)12-20(10-6-2)13-16(21)19(3)4/h7,9,11H,5-6,8,10,12-13H2,1-4H3,(H,17,18). The van der Waals surface area contributed by atoms with Crippen molar-refractivity contribution in [2.45, 2.75) is 33.2 Å². The number of hydrogen-bond donors (Lipinski definition) is 1. The first-order chi connectivity index (χ1) is 10.1. The van der Waals surface area contributed by atoms with Gasteiger partial charge in [-0.2, -0.15) is 0 Å². The molecule has 5 heteroatoms. The van der Waals surface area contributed by atoms with Crippen LogP contribution in [0.25, 0.3) is 0 Å². The number of amides is 1. The first-order valence-electron chi connectivity index (χ1n) is 7.68. The van der Waals surface area contributed by atoms with Crippen molar-refractivity contribution in [1.29, 1.82) is 0 Å². The molecule has 1 aromatic rings. The van der Waals surface area contributed by atoms with Gasteiger partial charge in [-0.3, -0.25) is 9.69 Å². The van der Waals surface area contributed by atoms with Crippen LogP contribution in [0.2, 0.25) is 0 Å². The van der Waals surface area contributed by atoms with Gasteiger partial charge in [0.15, 0.2) is 0 Å². The second-order valence-corrected chi connectivity index (χ2v) is 5.47. The molecule has 1 amide bonds. The summed E-state index contributed by atoms with van der Waals surface area (Å²) in [5, 5.41) is 3.29. The van der Waals surface area contributed by atoms with Gasteiger partial charge in [0.2, 0.25) is 5.91 Å². The summed E-state index contributed by atoms with van der Waals surface area (Å²) in [6, 6.07) is 4.08. The summed E-state index contributed by atoms with van der Waals surface area (Å²) in [6.45, 7) is 7.34. The Hall–Kier alpha value is -1.62. The van der Waals surface area contributed by atoms with Crippen LogP contribution in [0, 0.1) is 0 Å². The Bertz CT molecular complexity index is 434. The van der Waals surface area contributed by atoms with Crippen molar-refractivity contribution in [3.05, 3.63) is 23.9 Å². The third-order valence-electron chi connectivity index (χ3n) is 3.18. The number of likely N-dealkylation sites (N-methyl/N-ethyl adjacent to an activating group) is 1. The number of aromatic nitrogens is 1. The maximum absolute atomic E-state index is 11.9. The van der Waals surface area contributed by atoms with Crippen molar-refractivity contribution >= 4 is 11.7 Å². The van der Waals surface area contributed by atoms with E-state index in [4.69, 9.17) is 0 Å². The summed E-state index contributed by atoms with van der Waals surface area (Å²) >= 11 is 0. The van der Waals surface area contributed by atoms with Crippen molar-refractivity contribution in [2.24, 2.45) is 0 Å². The summed E-state index contributed by atoms with van der Waals surface area (Å²) in [5.74, 6) is 1.05. The molecule has 0 bridgehead atoms. The lowest BCUT2D eigenvalue weighted by Crippen LogP contribution is -2.36. The van der Waals surface area contributed by atoms with Crippen LogP contribution in [-0.2, 0) is 11.3 Å². The highest BCUT2D eigenvalue weighted by atomic mass is 16.2. The van der Waals surface area contributed by atoms with E-state index < -0.39 is 0 Å². The smallest absolute Gasteiger partial charge is 0.236 e. The fourth-order valence-corrected chi connectivity index (χ4v) is 2.04. The van der Waals surface area contributed by atoms with E-state index in [1.807, 2.05) is 12.3 Å². The largest absolute Gasteiger partial charge is 0.370 e. The van der Waals surface area contributed by atoms with Crippen LogP contribution in [0.5, 0.6) is 0 Å². The Morgan fingerprint density at radius 3 is 2.67 bits per heavy atom. The molecule has 0 saturated heterocycles. The molecule has 1 rings (SSSR count). The molecule has 0 atom stereocenters. The van der Waals surface area contributed by atoms with Gasteiger partial charge in [0.1, 0.15) is 5.82 Å². The Balaban J connectivity index is 2.67. The van der Waals surface area contributed by atoms with Crippen molar-refractivity contribution < 1.29 is 4.79 Å². The molecule has 0 aliphatic carbocycles. The van der Waals surface area contributed by atoms with Crippen LogP contribution in [-0.4, -0.2) is 54.4 Å². The van der Waals surface area contributed by atoms with Crippen LogP contribution in [0.1, 0.15) is 32.3 Å². The number of nitrogens with one attached hydrogen (secondary N) is 1. The molecule has 0 radical (unpaired) electrons. The lowest BCUT2D eigenvalue weighted by atomic mass is 10.2. The van der Waals surface area contributed by atoms with Gasteiger partial charge in [-0.05, 0) is 37.1 Å². The maximum Gasteiger partial charge on any atom is 0.236 e. The highest BCUT2D eigenvalue weighted by Gasteiger charge is 2.12. The van der Waals surface area contributed by atoms with Gasteiger partial charge in [0.05, 0.1) is 6.54 Å². The van der Waals surface area contributed by atoms with E-state index in [0.717, 1.165) is 38.3 Å². The molecular weight excluding hydrogens is 264 g/mol. The maximum atomic E-state index is 11.9. The zero-order chi connectivity index (χ0) is 15.7. The van der Waals surface area contributed by atoms with E-state index in [1.54, 1.807) is 19.0 Å². The molecule has 5 nitrogen and oxygen atoms in total. The van der Waals surface area contributed by atoms with Crippen molar-refractivity contribution in [1.82, 2.24) is 14.8 Å². The fraction of sp³-hybridized carbons (Fsp3) is 0.625. The quantitative estimate of drug-likeness (QED) is 0.758. The van der Waals surface area contributed by atoms with Crippen molar-refractivity contribution in [3.63, 3.8) is 0 Å². The molecule has 0 fully saturated rings. The summed E-state index contributed by atoms with van der Waals surface area (Å²) in [6.07, 6.45) is 3.93. The molecule has 0 aliphatic heterocycles. The van der Waals surface area contributed by atoms with Gasteiger partial charge >= 0.3 is 0 Å². The van der Waals surface area contributed by atoms with E-state index in [1.165, 1.54) is 5.56 Å². The van der Waals surface area contributed by atoms with Gasteiger partial charge in [0, 0.05) is 33.4 Å². The minimum Gasteiger partial charge on any atom is -0.370 e. The van der Waals surface area contributed by atoms with Gasteiger partial charge < -0.3 is 10.2 Å². The number of carbonyl (C=O) groups is 1. The van der Waals surface area contributed by atoms with Gasteiger partial charge in [-0.25, -0.2) is 4.98 Å². The average molecular weight is 292 g/mol. The second-order valence-electron chi connectivity index (χ2n) is 5.47. The van der Waals surface area contributed by atoms with E-state index in [-0.39, 0.29) is 5.91 Å². The monoisotopic (exact) mass is 292 g/mol. The van der Waals surface area contributed by atoms with E-state index >= 15 is 0 Å². The summed E-state index contributed by atoms with van der Waals surface area (Å²) < 4.78 is 0. The van der Waals surface area contributed by atoms with Gasteiger partial charge in [-0.1, -0.05) is 13.8 Å². The van der Waals surface area contributed by atoms with E-state index in [9.17, 15) is 4.79 Å². The molecule has 118 valence electrons. The SMILES string of the molecule is CCCNc1cc(CN(CCC)CC(=O)N(C)C)ccn1. The van der Waals surface area contributed by atoms with Crippen LogP contribution >= 0.6 is 0 Å². The average Bonchev–Trinajstić information content (AvgIpc) is 2.45. The Morgan fingerprint density at radius 2 is 2.05 bits per heavy atom. The number of carbonyl (C=O) groups excluding carboxylic acids is 1. The first kappa shape index (κ1) is 17.4. The molecular formula is C16H28N4O. The summed E-state index contributed by atoms with van der Waals surface area (Å²) in [4.78, 5) is 20.0. The van der Waals surface area contributed by atoms with Gasteiger partial charge in [0.25, 0.3) is 0 Å². The highest BCUT2D eigenvalue weighted by molar-refractivity contribution is 5.77. The normalized spacial score (nSPS) is 10.7. The Labute approximate surface area is 128 Å². The molecule has 0 unspecified atom stereocenters. The predicted molar refractivity (Wildman–Crippen MR) is 87.3 cm³/mol. The topological polar surface area (TPSA) is 48.5 Å². The number of anilines is 1. The zero-order valence-corrected chi connectivity index (χ0v) is 13.7. The molecule has 0 aliphatic rings. The Kier molecular flexibility index (Phi) is 7.75. The third kappa shape index (κ3) is 6.58. The molecule has 21 heavy (non-hydrogen) atoms. The number of pyridine rings is 1. The summed E-state index contributed by atoms with van der Waals surface area (Å²) in [7, 11) is 3.59. The first-order valence-corrected chi connectivity index (χ1v) is 7.68. The fourth-order valence-electron chi connectivity index (χ4n) is 2.04. The minimum atomic E-state index is 0.141. The van der Waals surface area contributed by atoms with Crippen LogP contribution < -0.4 is 5.32 Å². The number of nitrogens with zero attached hydrogens (tertiary/aromatic N) is 3. The molecule has 0 saturated carbocycles. The Morgan fingerprint density at radius 1 is 1.29 bits per heavy atom. The van der Waals surface area contributed by atoms with Crippen LogP contribution in [0.3, 0.4) is 0 Å². The lowest BCUT2D eigenvalue weighted by molar-refractivity contribution is -0.130. The molecule has 0 aromatic carbocycles. The van der Waals surface area contributed by atoms with Crippen molar-refractivity contribution in [3.8, 4) is 0 Å². The van der Waals surface area contributed by atoms with E-state index in [2.05, 4.69) is 35.1 Å². The molecule has 0 spiro atoms. The molecule has 1 heterocycles. The van der Waals surface area contributed by atoms with E-state index in [0.29, 0.717) is 6.54 Å². The minimum absolute atomic E-state index is 0.141. The van der Waals surface area contributed by atoms with Crippen molar-refractivity contribution in [2.75, 3.05) is 39.0 Å². The lowest BCUT2D eigenvalue weighted by Gasteiger charge is -2.23. The zero-order valence-electron chi connectivity index (χ0n) is 13.7. The number of rotatable bonds is 9. The number of hydrogen-bond acceptors (Lipinski definition) is 4. The summed E-state index contributed by atoms with van der Waals surface area (Å²) in [5.41, 5.74) is 1.18. The third-order valence-corrected chi connectivity index (χ3v) is 3.18. The second kappa shape index (κ2) is 9.34. The molecule has 1 aromatic heterocycles. The highest BCUT2D eigenvalue weighted by Crippen LogP contribution is 2.10. The predicted octanol–water partition coefficient (Wildman–Crippen LogP) is 2.20. The van der Waals surface area contributed by atoms with Gasteiger partial charge in [-0.15, -0.1) is 0 Å². The van der Waals surface area contributed by atoms with Crippen LogP contribution in [0.4, 0.5) is 5.82 Å². The molecule has 1 N–H and O–H groups in total. The van der Waals surface area contributed by atoms with Crippen LogP contribution in [0.15, 0.2) is 18.3 Å².